The second-order valence-electron chi connectivity index (χ2n) is 4.86. The fraction of sp³-hybridized carbons (Fsp3) is 0.846. The fourth-order valence-corrected chi connectivity index (χ4v) is 2.69. The Hall–Kier alpha value is -0.710. The summed E-state index contributed by atoms with van der Waals surface area (Å²) in [6.07, 6.45) is 5.43. The van der Waals surface area contributed by atoms with E-state index in [2.05, 4.69) is 24.9 Å². The summed E-state index contributed by atoms with van der Waals surface area (Å²) in [5.41, 5.74) is 0. The Morgan fingerprint density at radius 1 is 1.39 bits per heavy atom. The summed E-state index contributed by atoms with van der Waals surface area (Å²) in [7, 11) is 0. The first kappa shape index (κ1) is 15.3. The van der Waals surface area contributed by atoms with Gasteiger partial charge in [-0.1, -0.05) is 13.3 Å². The summed E-state index contributed by atoms with van der Waals surface area (Å²) in [5, 5.41) is 2.56. The number of ether oxygens (including phenoxy) is 1. The number of carbonyl (C=O) groups excluding carboxylic acids is 2. The van der Waals surface area contributed by atoms with E-state index in [1.807, 2.05) is 0 Å². The molecule has 0 radical (unpaired) electrons. The third kappa shape index (κ3) is 4.52. The van der Waals surface area contributed by atoms with Crippen molar-refractivity contribution in [3.63, 3.8) is 0 Å². The van der Waals surface area contributed by atoms with E-state index in [0.29, 0.717) is 5.92 Å². The first-order valence-electron chi connectivity index (χ1n) is 6.67. The first-order valence-corrected chi connectivity index (χ1v) is 7.30. The fourth-order valence-electron chi connectivity index (χ4n) is 2.45. The maximum atomic E-state index is 12.0. The molecule has 0 aliphatic heterocycles. The number of amides is 1. The molecule has 1 saturated carbocycles. The molecule has 2 unspecified atom stereocenters. The zero-order chi connectivity index (χ0) is 13.5. The van der Waals surface area contributed by atoms with E-state index >= 15 is 0 Å². The maximum Gasteiger partial charge on any atom is 0.329 e. The van der Waals surface area contributed by atoms with Crippen molar-refractivity contribution in [2.45, 2.75) is 58.1 Å². The number of carbonyl (C=O) groups is 2. The molecule has 0 heterocycles. The normalized spacial score (nSPS) is 25.3. The van der Waals surface area contributed by atoms with Gasteiger partial charge in [0.15, 0.2) is 0 Å². The summed E-state index contributed by atoms with van der Waals surface area (Å²) in [4.78, 5) is 22.9. The zero-order valence-corrected chi connectivity index (χ0v) is 12.0. The molecule has 0 spiro atoms. The van der Waals surface area contributed by atoms with E-state index < -0.39 is 6.04 Å². The summed E-state index contributed by atoms with van der Waals surface area (Å²) < 4.78 is 5.55. The van der Waals surface area contributed by atoms with Gasteiger partial charge >= 0.3 is 5.97 Å². The number of hydrogen-bond donors (Lipinski definition) is 2. The smallest absolute Gasteiger partial charge is 0.329 e. The predicted octanol–water partition coefficient (Wildman–Crippen LogP) is 1.93. The van der Waals surface area contributed by atoms with Gasteiger partial charge in [0.25, 0.3) is 0 Å². The molecule has 0 bridgehead atoms. The van der Waals surface area contributed by atoms with Gasteiger partial charge in [0.05, 0.1) is 0 Å². The zero-order valence-electron chi connectivity index (χ0n) is 11.1. The topological polar surface area (TPSA) is 55.4 Å². The third-order valence-corrected chi connectivity index (χ3v) is 3.84. The molecule has 0 aromatic carbocycles. The summed E-state index contributed by atoms with van der Waals surface area (Å²) >= 11 is 4.08. The summed E-state index contributed by atoms with van der Waals surface area (Å²) in [5.74, 6) is 0.134. The molecule has 1 fully saturated rings. The lowest BCUT2D eigenvalue weighted by atomic mass is 9.85. The second-order valence-corrected chi connectivity index (χ2v) is 5.23. The molecule has 1 aliphatic rings. The van der Waals surface area contributed by atoms with Crippen molar-refractivity contribution < 1.29 is 14.3 Å². The lowest BCUT2D eigenvalue weighted by Gasteiger charge is -2.31. The molecule has 4 nitrogen and oxygen atoms in total. The molecule has 1 amide bonds. The van der Waals surface area contributed by atoms with Crippen LogP contribution >= 0.6 is 12.6 Å². The van der Waals surface area contributed by atoms with E-state index in [4.69, 9.17) is 4.74 Å². The van der Waals surface area contributed by atoms with Gasteiger partial charge in [0.1, 0.15) is 12.1 Å². The summed E-state index contributed by atoms with van der Waals surface area (Å²) in [6.45, 7) is 3.51. The van der Waals surface area contributed by atoms with Crippen molar-refractivity contribution in [2.75, 3.05) is 5.75 Å². The minimum Gasteiger partial charge on any atom is -0.461 e. The molecular formula is C13H23NO3S. The molecular weight excluding hydrogens is 250 g/mol. The van der Waals surface area contributed by atoms with Gasteiger partial charge in [-0.05, 0) is 31.6 Å². The van der Waals surface area contributed by atoms with Gasteiger partial charge in [-0.25, -0.2) is 4.79 Å². The third-order valence-electron chi connectivity index (χ3n) is 3.48. The van der Waals surface area contributed by atoms with Crippen LogP contribution < -0.4 is 5.32 Å². The number of rotatable bonds is 5. The van der Waals surface area contributed by atoms with Crippen molar-refractivity contribution in [3.8, 4) is 0 Å². The van der Waals surface area contributed by atoms with E-state index in [1.54, 1.807) is 0 Å². The monoisotopic (exact) mass is 273 g/mol. The molecule has 1 aliphatic carbocycles. The molecule has 0 saturated heterocycles. The van der Waals surface area contributed by atoms with Crippen LogP contribution in [0.15, 0.2) is 0 Å². The largest absolute Gasteiger partial charge is 0.461 e. The summed E-state index contributed by atoms with van der Waals surface area (Å²) in [6, 6.07) is -0.634. The van der Waals surface area contributed by atoms with E-state index in [-0.39, 0.29) is 23.7 Å². The molecule has 1 rings (SSSR count). The SMILES string of the molecule is CCC1CCCCC1OC(=O)[C@H](CS)NC(C)=O. The maximum absolute atomic E-state index is 12.0. The molecule has 1 N–H and O–H groups in total. The molecule has 104 valence electrons. The van der Waals surface area contributed by atoms with E-state index in [9.17, 15) is 9.59 Å². The number of esters is 1. The van der Waals surface area contributed by atoms with Crippen LogP contribution in [0.3, 0.4) is 0 Å². The standard InChI is InChI=1S/C13H23NO3S/c1-3-10-6-4-5-7-12(10)17-13(16)11(8-18)14-9(2)15/h10-12,18H,3-8H2,1-2H3,(H,14,15)/t10?,11-,12?/m0/s1. The van der Waals surface area contributed by atoms with Crippen LogP contribution in [0.4, 0.5) is 0 Å². The Balaban J connectivity index is 2.52. The van der Waals surface area contributed by atoms with Gasteiger partial charge in [0, 0.05) is 12.7 Å². The first-order chi connectivity index (χ1) is 8.58. The lowest BCUT2D eigenvalue weighted by Crippen LogP contribution is -2.44. The quantitative estimate of drug-likeness (QED) is 0.594. The Morgan fingerprint density at radius 3 is 2.61 bits per heavy atom. The minimum absolute atomic E-state index is 0.00684. The van der Waals surface area contributed by atoms with E-state index in [0.717, 1.165) is 25.7 Å². The Bertz CT molecular complexity index is 296. The molecule has 0 aromatic rings. The van der Waals surface area contributed by atoms with Crippen LogP contribution in [0.2, 0.25) is 0 Å². The Labute approximate surface area is 114 Å². The number of thiol groups is 1. The van der Waals surface area contributed by atoms with Crippen LogP contribution in [0.25, 0.3) is 0 Å². The van der Waals surface area contributed by atoms with Crippen molar-refractivity contribution in [1.29, 1.82) is 0 Å². The number of hydrogen-bond acceptors (Lipinski definition) is 4. The average Bonchev–Trinajstić information content (AvgIpc) is 2.36. The molecule has 0 aromatic heterocycles. The predicted molar refractivity (Wildman–Crippen MR) is 73.6 cm³/mol. The second kappa shape index (κ2) is 7.67. The minimum atomic E-state index is -0.634. The highest BCUT2D eigenvalue weighted by Crippen LogP contribution is 2.29. The van der Waals surface area contributed by atoms with Crippen LogP contribution in [0.5, 0.6) is 0 Å². The molecule has 3 atom stereocenters. The van der Waals surface area contributed by atoms with Gasteiger partial charge in [0.2, 0.25) is 5.91 Å². The van der Waals surface area contributed by atoms with Crippen molar-refractivity contribution in [3.05, 3.63) is 0 Å². The molecule has 18 heavy (non-hydrogen) atoms. The lowest BCUT2D eigenvalue weighted by molar-refractivity contribution is -0.156. The Morgan fingerprint density at radius 2 is 2.06 bits per heavy atom. The van der Waals surface area contributed by atoms with Crippen LogP contribution in [0.1, 0.15) is 46.0 Å². The highest BCUT2D eigenvalue weighted by Gasteiger charge is 2.29. The van der Waals surface area contributed by atoms with Crippen molar-refractivity contribution in [1.82, 2.24) is 5.32 Å². The average molecular weight is 273 g/mol. The highest BCUT2D eigenvalue weighted by atomic mass is 32.1. The van der Waals surface area contributed by atoms with Crippen LogP contribution in [-0.4, -0.2) is 29.8 Å². The van der Waals surface area contributed by atoms with Crippen molar-refractivity contribution in [2.24, 2.45) is 5.92 Å². The highest BCUT2D eigenvalue weighted by molar-refractivity contribution is 7.80. The number of nitrogens with one attached hydrogen (secondary N) is 1. The van der Waals surface area contributed by atoms with E-state index in [1.165, 1.54) is 13.3 Å². The van der Waals surface area contributed by atoms with Crippen molar-refractivity contribution >= 4 is 24.5 Å². The van der Waals surface area contributed by atoms with Gasteiger partial charge in [-0.3, -0.25) is 4.79 Å². The van der Waals surface area contributed by atoms with Crippen LogP contribution in [0, 0.1) is 5.92 Å². The van der Waals surface area contributed by atoms with Gasteiger partial charge in [-0.2, -0.15) is 12.6 Å². The Kier molecular flexibility index (Phi) is 6.54. The molecule has 5 heteroatoms. The van der Waals surface area contributed by atoms with Gasteiger partial charge < -0.3 is 10.1 Å². The van der Waals surface area contributed by atoms with Gasteiger partial charge in [-0.15, -0.1) is 0 Å². The van der Waals surface area contributed by atoms with Crippen LogP contribution in [-0.2, 0) is 14.3 Å².